The number of likely N-dealkylation sites (tertiary alicyclic amines) is 1. The van der Waals surface area contributed by atoms with Gasteiger partial charge in [0.15, 0.2) is 0 Å². The normalized spacial score (nSPS) is 19.4. The Morgan fingerprint density at radius 2 is 1.62 bits per heavy atom. The number of nitrogens with one attached hydrogen (secondary N) is 1. The van der Waals surface area contributed by atoms with Gasteiger partial charge in [-0.2, -0.15) is 13.2 Å². The summed E-state index contributed by atoms with van der Waals surface area (Å²) < 4.78 is 39.6. The summed E-state index contributed by atoms with van der Waals surface area (Å²) in [7, 11) is 0. The van der Waals surface area contributed by atoms with E-state index >= 15 is 0 Å². The van der Waals surface area contributed by atoms with Gasteiger partial charge < -0.3 is 15.1 Å². The molecule has 1 unspecified atom stereocenters. The van der Waals surface area contributed by atoms with Gasteiger partial charge in [0, 0.05) is 37.7 Å². The molecule has 0 spiro atoms. The van der Waals surface area contributed by atoms with Gasteiger partial charge in [-0.1, -0.05) is 29.8 Å². The summed E-state index contributed by atoms with van der Waals surface area (Å²) in [5, 5.41) is 2.41. The first-order valence-electron chi connectivity index (χ1n) is 11.3. The number of nitrogens with zero attached hydrogens (tertiary/aromatic N) is 2. The van der Waals surface area contributed by atoms with E-state index in [9.17, 15) is 27.6 Å². The number of carbonyl (C=O) groups is 3. The Balaban J connectivity index is 1.32. The molecule has 2 aliphatic heterocycles. The van der Waals surface area contributed by atoms with Crippen LogP contribution in [0.1, 0.15) is 30.4 Å². The quantitative estimate of drug-likeness (QED) is 0.722. The zero-order valence-corrected chi connectivity index (χ0v) is 18.8. The molecule has 2 aromatic carbocycles. The van der Waals surface area contributed by atoms with Gasteiger partial charge in [-0.25, -0.2) is 0 Å². The highest BCUT2D eigenvalue weighted by molar-refractivity contribution is 6.00. The van der Waals surface area contributed by atoms with E-state index in [0.29, 0.717) is 32.5 Å². The number of para-hydroxylation sites is 1. The summed E-state index contributed by atoms with van der Waals surface area (Å²) in [6, 6.07) is 12.4. The fraction of sp³-hybridized carbons (Fsp3) is 0.400. The van der Waals surface area contributed by atoms with E-state index in [4.69, 9.17) is 0 Å². The monoisotopic (exact) mass is 473 g/mol. The smallest absolute Gasteiger partial charge is 0.342 e. The Hall–Kier alpha value is -3.36. The van der Waals surface area contributed by atoms with Crippen LogP contribution in [-0.4, -0.2) is 42.3 Å². The lowest BCUT2D eigenvalue weighted by Crippen LogP contribution is -2.44. The molecule has 2 fully saturated rings. The van der Waals surface area contributed by atoms with Gasteiger partial charge in [0.25, 0.3) is 0 Å². The second-order valence-electron chi connectivity index (χ2n) is 8.87. The molecular weight excluding hydrogens is 447 g/mol. The number of carbonyl (C=O) groups excluding carboxylic acids is 3. The lowest BCUT2D eigenvalue weighted by Gasteiger charge is -2.33. The molecule has 2 saturated heterocycles. The van der Waals surface area contributed by atoms with Crippen molar-refractivity contribution in [1.82, 2.24) is 4.90 Å². The predicted octanol–water partition coefficient (Wildman–Crippen LogP) is 4.24. The van der Waals surface area contributed by atoms with Crippen molar-refractivity contribution in [2.75, 3.05) is 29.9 Å². The molecule has 0 radical (unpaired) electrons. The Labute approximate surface area is 195 Å². The second kappa shape index (κ2) is 9.48. The van der Waals surface area contributed by atoms with Crippen LogP contribution < -0.4 is 10.2 Å². The number of amides is 3. The van der Waals surface area contributed by atoms with Crippen LogP contribution in [0, 0.1) is 18.8 Å². The first kappa shape index (κ1) is 23.8. The Kier molecular flexibility index (Phi) is 6.63. The van der Waals surface area contributed by atoms with Crippen LogP contribution in [0.4, 0.5) is 24.5 Å². The van der Waals surface area contributed by atoms with E-state index in [1.165, 1.54) is 18.2 Å². The minimum absolute atomic E-state index is 0.0974. The van der Waals surface area contributed by atoms with E-state index in [2.05, 4.69) is 5.32 Å². The third-order valence-electron chi connectivity index (χ3n) is 6.49. The van der Waals surface area contributed by atoms with E-state index < -0.39 is 29.5 Å². The van der Waals surface area contributed by atoms with Crippen LogP contribution >= 0.6 is 0 Å². The molecule has 4 rings (SSSR count). The van der Waals surface area contributed by atoms with Gasteiger partial charge >= 0.3 is 6.18 Å². The molecule has 9 heteroatoms. The highest BCUT2D eigenvalue weighted by Crippen LogP contribution is 2.35. The van der Waals surface area contributed by atoms with E-state index in [-0.39, 0.29) is 23.9 Å². The maximum atomic E-state index is 13.2. The fourth-order valence-corrected chi connectivity index (χ4v) is 4.54. The van der Waals surface area contributed by atoms with Gasteiger partial charge in [0.2, 0.25) is 17.7 Å². The summed E-state index contributed by atoms with van der Waals surface area (Å²) in [4.78, 5) is 41.4. The standard InChI is InChI=1S/C25H26F3N3O3/c1-16-6-8-19(9-7-16)31-15-18(14-22(31)32)24(34)30-12-10-17(11-13-30)23(33)29-21-5-3-2-4-20(21)25(26,27)28/h2-9,17-18H,10-15H2,1H3,(H,29,33). The number of anilines is 2. The molecule has 2 aliphatic rings. The van der Waals surface area contributed by atoms with Gasteiger partial charge in [0.1, 0.15) is 0 Å². The third-order valence-corrected chi connectivity index (χ3v) is 6.49. The Bertz CT molecular complexity index is 1080. The number of rotatable bonds is 4. The third kappa shape index (κ3) is 5.08. The van der Waals surface area contributed by atoms with Crippen LogP contribution in [0.15, 0.2) is 48.5 Å². The van der Waals surface area contributed by atoms with Crippen molar-refractivity contribution in [3.8, 4) is 0 Å². The highest BCUT2D eigenvalue weighted by Gasteiger charge is 2.39. The minimum atomic E-state index is -4.56. The van der Waals surface area contributed by atoms with Gasteiger partial charge in [-0.3, -0.25) is 14.4 Å². The lowest BCUT2D eigenvalue weighted by atomic mass is 9.94. The Morgan fingerprint density at radius 1 is 0.971 bits per heavy atom. The van der Waals surface area contributed by atoms with Gasteiger partial charge in [0.05, 0.1) is 17.2 Å². The molecule has 2 heterocycles. The summed E-state index contributed by atoms with van der Waals surface area (Å²) >= 11 is 0. The number of halogens is 3. The van der Waals surface area contributed by atoms with E-state index in [0.717, 1.165) is 17.3 Å². The maximum absolute atomic E-state index is 13.2. The number of hydrogen-bond acceptors (Lipinski definition) is 3. The lowest BCUT2D eigenvalue weighted by molar-refractivity contribution is -0.139. The average Bonchev–Trinajstić information content (AvgIpc) is 3.20. The molecule has 3 amide bonds. The van der Waals surface area contributed by atoms with E-state index in [1.807, 2.05) is 31.2 Å². The van der Waals surface area contributed by atoms with Crippen molar-refractivity contribution in [3.05, 3.63) is 59.7 Å². The number of benzene rings is 2. The average molecular weight is 473 g/mol. The summed E-state index contributed by atoms with van der Waals surface area (Å²) in [6.07, 6.45) is -3.71. The number of aryl methyl sites for hydroxylation is 1. The van der Waals surface area contributed by atoms with Crippen LogP contribution in [0.5, 0.6) is 0 Å². The number of hydrogen-bond donors (Lipinski definition) is 1. The molecule has 180 valence electrons. The van der Waals surface area contributed by atoms with Crippen LogP contribution in [-0.2, 0) is 20.6 Å². The zero-order chi connectivity index (χ0) is 24.5. The maximum Gasteiger partial charge on any atom is 0.418 e. The minimum Gasteiger partial charge on any atom is -0.342 e. The largest absolute Gasteiger partial charge is 0.418 e. The molecule has 2 aromatic rings. The number of piperidine rings is 1. The first-order chi connectivity index (χ1) is 16.1. The number of alkyl halides is 3. The molecule has 0 aromatic heterocycles. The van der Waals surface area contributed by atoms with Crippen LogP contribution in [0.25, 0.3) is 0 Å². The predicted molar refractivity (Wildman–Crippen MR) is 121 cm³/mol. The van der Waals surface area contributed by atoms with E-state index in [1.54, 1.807) is 9.80 Å². The van der Waals surface area contributed by atoms with Gasteiger partial charge in [-0.15, -0.1) is 0 Å². The summed E-state index contributed by atoms with van der Waals surface area (Å²) in [5.74, 6) is -1.63. The summed E-state index contributed by atoms with van der Waals surface area (Å²) in [6.45, 7) is 2.93. The highest BCUT2D eigenvalue weighted by atomic mass is 19.4. The Morgan fingerprint density at radius 3 is 2.26 bits per heavy atom. The van der Waals surface area contributed by atoms with Crippen LogP contribution in [0.3, 0.4) is 0 Å². The molecule has 0 bridgehead atoms. The summed E-state index contributed by atoms with van der Waals surface area (Å²) in [5.41, 5.74) is 0.691. The van der Waals surface area contributed by atoms with Gasteiger partial charge in [-0.05, 0) is 44.0 Å². The molecular formula is C25H26F3N3O3. The molecule has 0 aliphatic carbocycles. The molecule has 1 N–H and O–H groups in total. The van der Waals surface area contributed by atoms with Crippen molar-refractivity contribution in [3.63, 3.8) is 0 Å². The van der Waals surface area contributed by atoms with Crippen LogP contribution in [0.2, 0.25) is 0 Å². The van der Waals surface area contributed by atoms with Crippen molar-refractivity contribution >= 4 is 29.1 Å². The second-order valence-corrected chi connectivity index (χ2v) is 8.87. The van der Waals surface area contributed by atoms with Crippen molar-refractivity contribution in [2.45, 2.75) is 32.4 Å². The van der Waals surface area contributed by atoms with Crippen molar-refractivity contribution < 1.29 is 27.6 Å². The first-order valence-corrected chi connectivity index (χ1v) is 11.3. The molecule has 34 heavy (non-hydrogen) atoms. The topological polar surface area (TPSA) is 69.7 Å². The molecule has 0 saturated carbocycles. The molecule has 6 nitrogen and oxygen atoms in total. The zero-order valence-electron chi connectivity index (χ0n) is 18.8. The van der Waals surface area contributed by atoms with Crippen molar-refractivity contribution in [2.24, 2.45) is 11.8 Å². The van der Waals surface area contributed by atoms with Crippen molar-refractivity contribution in [1.29, 1.82) is 0 Å². The fourth-order valence-electron chi connectivity index (χ4n) is 4.54. The SMILES string of the molecule is Cc1ccc(N2CC(C(=O)N3CCC(C(=O)Nc4ccccc4C(F)(F)F)CC3)CC2=O)cc1. The molecule has 1 atom stereocenters.